The van der Waals surface area contributed by atoms with E-state index in [1.165, 1.54) is 334 Å². The van der Waals surface area contributed by atoms with Gasteiger partial charge in [0.25, 0.3) is 0 Å². The molecule has 0 rings (SSSR count). The number of ether oxygens (including phenoxy) is 3. The first-order valence-electron chi connectivity index (χ1n) is 37.8. The summed E-state index contributed by atoms with van der Waals surface area (Å²) in [4.78, 5) is 38.5. The molecule has 1 unspecified atom stereocenters. The lowest BCUT2D eigenvalue weighted by atomic mass is 10.0. The van der Waals surface area contributed by atoms with Gasteiger partial charge >= 0.3 is 17.9 Å². The fourth-order valence-corrected chi connectivity index (χ4v) is 11.7. The molecule has 0 radical (unpaired) electrons. The Morgan fingerprint density at radius 3 is 0.602 bits per heavy atom. The molecule has 1 atom stereocenters. The van der Waals surface area contributed by atoms with Crippen LogP contribution in [0.15, 0.2) is 24.3 Å². The van der Waals surface area contributed by atoms with E-state index >= 15 is 0 Å². The summed E-state index contributed by atoms with van der Waals surface area (Å²) in [6.07, 6.45) is 89.4. The summed E-state index contributed by atoms with van der Waals surface area (Å²) in [7, 11) is 0. The lowest BCUT2D eigenvalue weighted by molar-refractivity contribution is -0.167. The first-order valence-corrected chi connectivity index (χ1v) is 37.8. The molecule has 0 heterocycles. The smallest absolute Gasteiger partial charge is 0.306 e. The summed E-state index contributed by atoms with van der Waals surface area (Å²) >= 11 is 0. The van der Waals surface area contributed by atoms with E-state index in [2.05, 4.69) is 45.1 Å². The number of allylic oxidation sites excluding steroid dienone is 4. The molecule has 0 spiro atoms. The molecule has 6 heteroatoms. The van der Waals surface area contributed by atoms with Crippen molar-refractivity contribution in [2.75, 3.05) is 13.2 Å². The third-order valence-corrected chi connectivity index (χ3v) is 17.4. The third-order valence-electron chi connectivity index (χ3n) is 17.4. The first kappa shape index (κ1) is 80.9. The van der Waals surface area contributed by atoms with E-state index in [9.17, 15) is 14.4 Å². The number of hydrogen-bond acceptors (Lipinski definition) is 6. The molecule has 0 aliphatic carbocycles. The summed E-state index contributed by atoms with van der Waals surface area (Å²) in [5.41, 5.74) is 0. The SMILES string of the molecule is CCCCCCCC/C=C\CCCCCCCCCC(=O)OCC(COC(=O)CCCCCCCCCCCCCCCCCCCCCCCCCCCCCCCC)OC(=O)CCCCCCCCC/C=C\CCCCCCCCC. The molecular weight excluding hydrogens is 1020 g/mol. The molecule has 0 aromatic heterocycles. The maximum atomic E-state index is 13.0. The van der Waals surface area contributed by atoms with E-state index in [0.717, 1.165) is 57.8 Å². The maximum Gasteiger partial charge on any atom is 0.306 e. The van der Waals surface area contributed by atoms with Crippen LogP contribution in [0.1, 0.15) is 432 Å². The van der Waals surface area contributed by atoms with Gasteiger partial charge in [-0.1, -0.05) is 366 Å². The lowest BCUT2D eigenvalue weighted by Crippen LogP contribution is -2.30. The van der Waals surface area contributed by atoms with Crippen molar-refractivity contribution in [1.29, 1.82) is 0 Å². The zero-order chi connectivity index (χ0) is 59.9. The van der Waals surface area contributed by atoms with Gasteiger partial charge in [-0.15, -0.1) is 0 Å². The molecule has 0 fully saturated rings. The van der Waals surface area contributed by atoms with Crippen LogP contribution in [0.5, 0.6) is 0 Å². The van der Waals surface area contributed by atoms with Gasteiger partial charge in [0, 0.05) is 19.3 Å². The summed E-state index contributed by atoms with van der Waals surface area (Å²) in [6, 6.07) is 0. The first-order chi connectivity index (χ1) is 41.0. The van der Waals surface area contributed by atoms with Crippen molar-refractivity contribution in [3.63, 3.8) is 0 Å². The Bertz CT molecular complexity index is 1340. The van der Waals surface area contributed by atoms with Gasteiger partial charge in [0.05, 0.1) is 0 Å². The summed E-state index contributed by atoms with van der Waals surface area (Å²) < 4.78 is 17.0. The van der Waals surface area contributed by atoms with Gasteiger partial charge in [-0.3, -0.25) is 14.4 Å². The van der Waals surface area contributed by atoms with Gasteiger partial charge in [0.15, 0.2) is 6.10 Å². The van der Waals surface area contributed by atoms with Crippen LogP contribution >= 0.6 is 0 Å². The lowest BCUT2D eigenvalue weighted by Gasteiger charge is -2.18. The van der Waals surface area contributed by atoms with Gasteiger partial charge in [0.2, 0.25) is 0 Å². The van der Waals surface area contributed by atoms with Crippen molar-refractivity contribution in [2.24, 2.45) is 0 Å². The molecular formula is C77H146O6. The molecule has 0 amide bonds. The Hall–Kier alpha value is -2.11. The molecule has 6 nitrogen and oxygen atoms in total. The molecule has 0 aliphatic heterocycles. The van der Waals surface area contributed by atoms with Crippen LogP contribution in [-0.4, -0.2) is 37.2 Å². The molecule has 0 aliphatic rings. The van der Waals surface area contributed by atoms with Gasteiger partial charge < -0.3 is 14.2 Å². The molecule has 0 saturated carbocycles. The Morgan fingerprint density at radius 2 is 0.398 bits per heavy atom. The van der Waals surface area contributed by atoms with Crippen LogP contribution in [0.2, 0.25) is 0 Å². The van der Waals surface area contributed by atoms with E-state index in [1.807, 2.05) is 0 Å². The van der Waals surface area contributed by atoms with E-state index in [4.69, 9.17) is 14.2 Å². The number of rotatable bonds is 71. The minimum absolute atomic E-state index is 0.0688. The normalized spacial score (nSPS) is 12.1. The number of carbonyl (C=O) groups excluding carboxylic acids is 3. The topological polar surface area (TPSA) is 78.9 Å². The molecule has 0 bridgehead atoms. The van der Waals surface area contributed by atoms with Crippen molar-refractivity contribution in [2.45, 2.75) is 438 Å². The van der Waals surface area contributed by atoms with Crippen LogP contribution in [0.3, 0.4) is 0 Å². The molecule has 0 N–H and O–H groups in total. The average molecular weight is 1170 g/mol. The van der Waals surface area contributed by atoms with Crippen molar-refractivity contribution in [1.82, 2.24) is 0 Å². The van der Waals surface area contributed by atoms with Crippen LogP contribution in [0, 0.1) is 0 Å². The minimum atomic E-state index is -0.774. The highest BCUT2D eigenvalue weighted by Gasteiger charge is 2.20. The van der Waals surface area contributed by atoms with E-state index in [-0.39, 0.29) is 31.1 Å². The maximum absolute atomic E-state index is 13.0. The third kappa shape index (κ3) is 70.5. The fraction of sp³-hybridized carbons (Fsp3) is 0.909. The number of esters is 3. The highest BCUT2D eigenvalue weighted by Crippen LogP contribution is 2.19. The highest BCUT2D eigenvalue weighted by atomic mass is 16.6. The number of carbonyl (C=O) groups is 3. The zero-order valence-corrected chi connectivity index (χ0v) is 56.5. The molecule has 490 valence electrons. The fourth-order valence-electron chi connectivity index (χ4n) is 11.7. The van der Waals surface area contributed by atoms with E-state index < -0.39 is 6.10 Å². The van der Waals surface area contributed by atoms with Crippen LogP contribution in [-0.2, 0) is 28.6 Å². The molecule has 83 heavy (non-hydrogen) atoms. The predicted molar refractivity (Wildman–Crippen MR) is 363 cm³/mol. The van der Waals surface area contributed by atoms with Crippen molar-refractivity contribution in [3.05, 3.63) is 24.3 Å². The van der Waals surface area contributed by atoms with Gasteiger partial charge in [-0.2, -0.15) is 0 Å². The standard InChI is InChI=1S/C77H146O6/c1-4-7-10-13-16-19-22-25-28-31-33-34-35-36-37-38-39-40-41-42-43-44-47-49-52-55-58-61-64-67-70-76(79)82-73-74(72-81-75(78)69-66-63-60-57-54-51-48-45-30-27-24-21-18-15-12-9-6-3)83-77(80)71-68-65-62-59-56-53-50-46-32-29-26-23-20-17-14-11-8-5-2/h27,29-30,32,74H,4-26,28,31,33-73H2,1-3H3/b30-27-,32-29-. The van der Waals surface area contributed by atoms with Gasteiger partial charge in [-0.25, -0.2) is 0 Å². The molecule has 0 saturated heterocycles. The zero-order valence-electron chi connectivity index (χ0n) is 56.5. The Morgan fingerprint density at radius 1 is 0.229 bits per heavy atom. The van der Waals surface area contributed by atoms with Crippen LogP contribution < -0.4 is 0 Å². The monoisotopic (exact) mass is 1170 g/mol. The average Bonchev–Trinajstić information content (AvgIpc) is 3.49. The van der Waals surface area contributed by atoms with Gasteiger partial charge in [-0.05, 0) is 70.6 Å². The van der Waals surface area contributed by atoms with Crippen LogP contribution in [0.4, 0.5) is 0 Å². The van der Waals surface area contributed by atoms with Crippen molar-refractivity contribution < 1.29 is 28.6 Å². The minimum Gasteiger partial charge on any atom is -0.462 e. The quantitative estimate of drug-likeness (QED) is 0.0261. The van der Waals surface area contributed by atoms with E-state index in [0.29, 0.717) is 19.3 Å². The molecule has 0 aromatic rings. The largest absolute Gasteiger partial charge is 0.462 e. The Labute approximate surface area is 519 Å². The summed E-state index contributed by atoms with van der Waals surface area (Å²) in [5, 5.41) is 0. The summed E-state index contributed by atoms with van der Waals surface area (Å²) in [5.74, 6) is -0.844. The van der Waals surface area contributed by atoms with Crippen molar-refractivity contribution in [3.8, 4) is 0 Å². The Balaban J connectivity index is 4.19. The Kier molecular flexibility index (Phi) is 70.5. The van der Waals surface area contributed by atoms with Crippen LogP contribution in [0.25, 0.3) is 0 Å². The number of hydrogen-bond donors (Lipinski definition) is 0. The van der Waals surface area contributed by atoms with Gasteiger partial charge in [0.1, 0.15) is 13.2 Å². The van der Waals surface area contributed by atoms with Crippen molar-refractivity contribution >= 4 is 17.9 Å². The second kappa shape index (κ2) is 72.4. The molecule has 0 aromatic carbocycles. The highest BCUT2D eigenvalue weighted by molar-refractivity contribution is 5.71. The van der Waals surface area contributed by atoms with E-state index in [1.54, 1.807) is 0 Å². The summed E-state index contributed by atoms with van der Waals surface area (Å²) in [6.45, 7) is 6.72. The second-order valence-electron chi connectivity index (χ2n) is 25.9. The second-order valence-corrected chi connectivity index (χ2v) is 25.9. The number of unbranched alkanes of at least 4 members (excludes halogenated alkanes) is 56. The predicted octanol–water partition coefficient (Wildman–Crippen LogP) is 26.1.